The number of carbonyl (C=O) groups excluding carboxylic acids is 1. The molecule has 0 saturated heterocycles. The Labute approximate surface area is 86.3 Å². The van der Waals surface area contributed by atoms with E-state index in [-0.39, 0.29) is 11.5 Å². The molecule has 5 heteroatoms. The minimum Gasteiger partial charge on any atom is -0.299 e. The lowest BCUT2D eigenvalue weighted by atomic mass is 9.96. The fraction of sp³-hybridized carbons (Fsp3) is 0.400. The molecule has 0 spiro atoms. The molecule has 1 saturated carbocycles. The van der Waals surface area contributed by atoms with E-state index in [1.165, 1.54) is 25.3 Å². The molecule has 0 bridgehead atoms. The molecule has 78 valence electrons. The minimum atomic E-state index is -0.677. The third-order valence-electron chi connectivity index (χ3n) is 2.86. The SMILES string of the molecule is CC(=O)C1(c2ncccc2[N+](=O)[O-])CC1. The maximum absolute atomic E-state index is 11.4. The van der Waals surface area contributed by atoms with Gasteiger partial charge in [0.1, 0.15) is 11.5 Å². The van der Waals surface area contributed by atoms with Crippen LogP contribution in [-0.4, -0.2) is 15.7 Å². The zero-order valence-corrected chi connectivity index (χ0v) is 8.27. The number of nitrogens with zero attached hydrogens (tertiary/aromatic N) is 2. The Morgan fingerprint density at radius 2 is 2.27 bits per heavy atom. The molecule has 2 rings (SSSR count). The number of hydrogen-bond donors (Lipinski definition) is 0. The van der Waals surface area contributed by atoms with Crippen molar-refractivity contribution in [3.05, 3.63) is 34.1 Å². The quantitative estimate of drug-likeness (QED) is 0.556. The number of aromatic nitrogens is 1. The van der Waals surface area contributed by atoms with Crippen molar-refractivity contribution in [3.8, 4) is 0 Å². The van der Waals surface area contributed by atoms with Crippen LogP contribution in [0.2, 0.25) is 0 Å². The Morgan fingerprint density at radius 1 is 1.60 bits per heavy atom. The smallest absolute Gasteiger partial charge is 0.291 e. The number of rotatable bonds is 3. The van der Waals surface area contributed by atoms with E-state index in [4.69, 9.17) is 0 Å². The summed E-state index contributed by atoms with van der Waals surface area (Å²) in [5, 5.41) is 10.8. The summed E-state index contributed by atoms with van der Waals surface area (Å²) in [5.41, 5.74) is -0.406. The standard InChI is InChI=1S/C10H10N2O3/c1-7(13)10(4-5-10)9-8(12(14)15)3-2-6-11-9/h2-3,6H,4-5H2,1H3. The highest BCUT2D eigenvalue weighted by molar-refractivity contribution is 5.91. The molecule has 5 nitrogen and oxygen atoms in total. The normalized spacial score (nSPS) is 17.1. The molecule has 1 fully saturated rings. The number of Topliss-reactive ketones (excluding diaryl/α,β-unsaturated/α-hetero) is 1. The predicted molar refractivity (Wildman–Crippen MR) is 52.5 cm³/mol. The summed E-state index contributed by atoms with van der Waals surface area (Å²) in [5.74, 6) is -0.0377. The largest absolute Gasteiger partial charge is 0.299 e. The fourth-order valence-electron chi connectivity index (χ4n) is 1.79. The van der Waals surface area contributed by atoms with Crippen LogP contribution in [0, 0.1) is 10.1 Å². The van der Waals surface area contributed by atoms with Gasteiger partial charge in [0.2, 0.25) is 0 Å². The Balaban J connectivity index is 2.53. The van der Waals surface area contributed by atoms with Crippen molar-refractivity contribution < 1.29 is 9.72 Å². The van der Waals surface area contributed by atoms with Crippen LogP contribution in [0.1, 0.15) is 25.5 Å². The second-order valence-corrected chi connectivity index (χ2v) is 3.77. The lowest BCUT2D eigenvalue weighted by molar-refractivity contribution is -0.386. The molecule has 0 aromatic carbocycles. The van der Waals surface area contributed by atoms with Gasteiger partial charge in [0.05, 0.1) is 10.3 Å². The molecule has 0 aliphatic heterocycles. The minimum absolute atomic E-state index is 0.0377. The third kappa shape index (κ3) is 1.40. The molecule has 0 N–H and O–H groups in total. The van der Waals surface area contributed by atoms with Crippen molar-refractivity contribution in [3.63, 3.8) is 0 Å². The first kappa shape index (κ1) is 9.76. The van der Waals surface area contributed by atoms with Crippen LogP contribution in [0.25, 0.3) is 0 Å². The van der Waals surface area contributed by atoms with Crippen molar-refractivity contribution in [2.75, 3.05) is 0 Å². The van der Waals surface area contributed by atoms with Crippen molar-refractivity contribution in [2.24, 2.45) is 0 Å². The molecule has 0 unspecified atom stereocenters. The Kier molecular flexibility index (Phi) is 2.03. The van der Waals surface area contributed by atoms with Gasteiger partial charge in [0.25, 0.3) is 5.69 Å². The van der Waals surface area contributed by atoms with Crippen molar-refractivity contribution in [1.82, 2.24) is 4.98 Å². The van der Waals surface area contributed by atoms with Gasteiger partial charge >= 0.3 is 0 Å². The summed E-state index contributed by atoms with van der Waals surface area (Å²) in [6.07, 6.45) is 2.83. The molecular formula is C10H10N2O3. The van der Waals surface area contributed by atoms with Crippen LogP contribution >= 0.6 is 0 Å². The maximum atomic E-state index is 11.4. The summed E-state index contributed by atoms with van der Waals surface area (Å²) >= 11 is 0. The third-order valence-corrected chi connectivity index (χ3v) is 2.86. The van der Waals surface area contributed by atoms with E-state index >= 15 is 0 Å². The van der Waals surface area contributed by atoms with Gasteiger partial charge in [-0.15, -0.1) is 0 Å². The molecule has 15 heavy (non-hydrogen) atoms. The molecule has 0 radical (unpaired) electrons. The molecule has 1 aliphatic rings. The van der Waals surface area contributed by atoms with Crippen LogP contribution in [0.15, 0.2) is 18.3 Å². The first-order valence-corrected chi connectivity index (χ1v) is 4.69. The second kappa shape index (κ2) is 3.12. The monoisotopic (exact) mass is 206 g/mol. The van der Waals surface area contributed by atoms with E-state index < -0.39 is 10.3 Å². The predicted octanol–water partition coefficient (Wildman–Crippen LogP) is 1.61. The number of nitro groups is 1. The average Bonchev–Trinajstić information content (AvgIpc) is 2.98. The van der Waals surface area contributed by atoms with Crippen LogP contribution in [0.4, 0.5) is 5.69 Å². The lowest BCUT2D eigenvalue weighted by Crippen LogP contribution is -2.20. The van der Waals surface area contributed by atoms with Crippen molar-refractivity contribution in [1.29, 1.82) is 0 Å². The van der Waals surface area contributed by atoms with E-state index in [2.05, 4.69) is 4.98 Å². The van der Waals surface area contributed by atoms with Crippen molar-refractivity contribution in [2.45, 2.75) is 25.2 Å². The molecular weight excluding hydrogens is 196 g/mol. The highest BCUT2D eigenvalue weighted by atomic mass is 16.6. The number of ketones is 1. The summed E-state index contributed by atoms with van der Waals surface area (Å²) in [4.78, 5) is 25.7. The molecule has 1 aromatic rings. The highest BCUT2D eigenvalue weighted by Gasteiger charge is 2.53. The maximum Gasteiger partial charge on any atom is 0.291 e. The fourth-order valence-corrected chi connectivity index (χ4v) is 1.79. The highest BCUT2D eigenvalue weighted by Crippen LogP contribution is 2.50. The first-order valence-electron chi connectivity index (χ1n) is 4.69. The van der Waals surface area contributed by atoms with E-state index in [0.29, 0.717) is 18.5 Å². The zero-order chi connectivity index (χ0) is 11.1. The molecule has 0 amide bonds. The van der Waals surface area contributed by atoms with Gasteiger partial charge in [-0.1, -0.05) is 0 Å². The summed E-state index contributed by atoms with van der Waals surface area (Å²) in [6, 6.07) is 2.91. The molecule has 0 atom stereocenters. The topological polar surface area (TPSA) is 73.1 Å². The Bertz CT molecular complexity index is 438. The summed E-state index contributed by atoms with van der Waals surface area (Å²) < 4.78 is 0. The Hall–Kier alpha value is -1.78. The molecule has 1 aromatic heterocycles. The van der Waals surface area contributed by atoms with Gasteiger partial charge in [-0.2, -0.15) is 0 Å². The summed E-state index contributed by atoms with van der Waals surface area (Å²) in [7, 11) is 0. The summed E-state index contributed by atoms with van der Waals surface area (Å²) in [6.45, 7) is 1.46. The number of hydrogen-bond acceptors (Lipinski definition) is 4. The number of carbonyl (C=O) groups is 1. The average molecular weight is 206 g/mol. The van der Waals surface area contributed by atoms with E-state index in [0.717, 1.165) is 0 Å². The van der Waals surface area contributed by atoms with Gasteiger partial charge in [0, 0.05) is 12.3 Å². The van der Waals surface area contributed by atoms with Gasteiger partial charge < -0.3 is 0 Å². The van der Waals surface area contributed by atoms with Crippen LogP contribution in [0.3, 0.4) is 0 Å². The van der Waals surface area contributed by atoms with Crippen molar-refractivity contribution >= 4 is 11.5 Å². The zero-order valence-electron chi connectivity index (χ0n) is 8.27. The second-order valence-electron chi connectivity index (χ2n) is 3.77. The molecule has 1 aliphatic carbocycles. The van der Waals surface area contributed by atoms with Gasteiger partial charge in [-0.05, 0) is 25.8 Å². The van der Waals surface area contributed by atoms with E-state index in [1.807, 2.05) is 0 Å². The van der Waals surface area contributed by atoms with Gasteiger partial charge in [0.15, 0.2) is 0 Å². The van der Waals surface area contributed by atoms with Gasteiger partial charge in [-0.25, -0.2) is 0 Å². The lowest BCUT2D eigenvalue weighted by Gasteiger charge is -2.09. The Morgan fingerprint density at radius 3 is 2.73 bits per heavy atom. The van der Waals surface area contributed by atoms with Crippen LogP contribution < -0.4 is 0 Å². The molecule has 1 heterocycles. The first-order chi connectivity index (χ1) is 7.08. The van der Waals surface area contributed by atoms with Crippen LogP contribution in [0.5, 0.6) is 0 Å². The van der Waals surface area contributed by atoms with Gasteiger partial charge in [-0.3, -0.25) is 19.9 Å². The number of pyridine rings is 1. The van der Waals surface area contributed by atoms with E-state index in [9.17, 15) is 14.9 Å². The van der Waals surface area contributed by atoms with Crippen LogP contribution in [-0.2, 0) is 10.2 Å². The van der Waals surface area contributed by atoms with E-state index in [1.54, 1.807) is 0 Å².